The molecular weight excluding hydrogens is 1260 g/mol. The molecule has 30 heteroatoms. The van der Waals surface area contributed by atoms with E-state index in [1.165, 1.54) is 27.7 Å². The van der Waals surface area contributed by atoms with E-state index in [1.807, 2.05) is 6.92 Å². The molecule has 5 aliphatic heterocycles. The van der Waals surface area contributed by atoms with Crippen LogP contribution in [0.15, 0.2) is 11.6 Å². The van der Waals surface area contributed by atoms with Crippen molar-refractivity contribution in [1.29, 1.82) is 0 Å². The number of fused-ring (bicyclic) bond motifs is 7. The second kappa shape index (κ2) is 27.9. The molecule has 95 heavy (non-hydrogen) atoms. The Kier molecular flexibility index (Phi) is 22.0. The molecule has 30 nitrogen and oxygen atoms in total. The zero-order valence-electron chi connectivity index (χ0n) is 55.8. The number of hydrogen-bond acceptors (Lipinski definition) is 30. The van der Waals surface area contributed by atoms with Crippen molar-refractivity contribution >= 4 is 17.9 Å². The van der Waals surface area contributed by atoms with Crippen LogP contribution in [-0.4, -0.2) is 286 Å². The number of esters is 3. The highest BCUT2D eigenvalue weighted by molar-refractivity contribution is 5.80. The maximum atomic E-state index is 15.9. The molecule has 0 aromatic rings. The van der Waals surface area contributed by atoms with Gasteiger partial charge in [0.15, 0.2) is 37.4 Å². The second-order valence-electron chi connectivity index (χ2n) is 30.8. The van der Waals surface area contributed by atoms with Gasteiger partial charge in [0, 0.05) is 12.3 Å². The highest BCUT2D eigenvalue weighted by Crippen LogP contribution is 2.76. The molecule has 0 radical (unpaired) electrons. The van der Waals surface area contributed by atoms with E-state index in [1.54, 1.807) is 0 Å². The Bertz CT molecular complexity index is 2740. The summed E-state index contributed by atoms with van der Waals surface area (Å²) in [5.74, 6) is -3.66. The molecule has 0 amide bonds. The van der Waals surface area contributed by atoms with Crippen LogP contribution in [0.1, 0.15) is 134 Å². The molecule has 5 heterocycles. The summed E-state index contributed by atoms with van der Waals surface area (Å²) in [6.07, 6.45) is -40.0. The van der Waals surface area contributed by atoms with Gasteiger partial charge >= 0.3 is 17.9 Å². The predicted molar refractivity (Wildman–Crippen MR) is 319 cm³/mol. The third-order valence-electron chi connectivity index (χ3n) is 24.2. The van der Waals surface area contributed by atoms with Gasteiger partial charge < -0.3 is 133 Å². The highest BCUT2D eigenvalue weighted by atomic mass is 16.8. The first-order chi connectivity index (χ1) is 44.3. The number of aliphatic hydroxyl groups excluding tert-OH is 15. The van der Waals surface area contributed by atoms with Crippen molar-refractivity contribution in [3.05, 3.63) is 11.6 Å². The van der Waals surface area contributed by atoms with Crippen LogP contribution in [0.3, 0.4) is 0 Å². The van der Waals surface area contributed by atoms with Crippen molar-refractivity contribution in [3.8, 4) is 0 Å². The predicted octanol–water partition coefficient (Wildman–Crippen LogP) is -2.68. The summed E-state index contributed by atoms with van der Waals surface area (Å²) in [4.78, 5) is 41.1. The van der Waals surface area contributed by atoms with Crippen LogP contribution in [0.4, 0.5) is 0 Å². The van der Waals surface area contributed by atoms with Crippen LogP contribution in [-0.2, 0) is 71.2 Å². The molecule has 5 aliphatic carbocycles. The lowest BCUT2D eigenvalue weighted by Gasteiger charge is -2.72. The summed E-state index contributed by atoms with van der Waals surface area (Å²) in [5, 5.41) is 169. The normalized spacial score (nSPS) is 52.5. The Morgan fingerprint density at radius 1 is 0.579 bits per heavy atom. The van der Waals surface area contributed by atoms with E-state index in [9.17, 15) is 86.2 Å². The van der Waals surface area contributed by atoms with Crippen molar-refractivity contribution in [2.75, 3.05) is 19.8 Å². The number of rotatable bonds is 16. The molecule has 0 spiro atoms. The molecule has 0 aromatic carbocycles. The molecule has 9 fully saturated rings. The van der Waals surface area contributed by atoms with E-state index < -0.39 is 249 Å². The van der Waals surface area contributed by atoms with Gasteiger partial charge in [0.2, 0.25) is 6.29 Å². The Hall–Kier alpha value is -2.81. The maximum Gasteiger partial charge on any atom is 0.317 e. The molecule has 4 saturated carbocycles. The van der Waals surface area contributed by atoms with Gasteiger partial charge in [-0.2, -0.15) is 0 Å². The van der Waals surface area contributed by atoms with Crippen LogP contribution in [0.2, 0.25) is 0 Å². The van der Waals surface area contributed by atoms with Crippen molar-refractivity contribution in [1.82, 2.24) is 0 Å². The summed E-state index contributed by atoms with van der Waals surface area (Å²) in [6, 6.07) is 0. The number of aliphatic hydroxyl groups is 15. The highest BCUT2D eigenvalue weighted by Gasteiger charge is 2.73. The maximum absolute atomic E-state index is 15.9. The minimum Gasteiger partial charge on any atom is -0.462 e. The molecule has 1 unspecified atom stereocenters. The lowest BCUT2D eigenvalue weighted by Crippen LogP contribution is -2.70. The second-order valence-corrected chi connectivity index (χ2v) is 30.8. The molecule has 10 rings (SSSR count). The van der Waals surface area contributed by atoms with Crippen molar-refractivity contribution < 1.29 is 148 Å². The van der Waals surface area contributed by atoms with Gasteiger partial charge in [0.05, 0.1) is 62.9 Å². The minimum absolute atomic E-state index is 0.0698. The number of allylic oxidation sites excluding steroid dienone is 2. The Morgan fingerprint density at radius 3 is 1.81 bits per heavy atom. The quantitative estimate of drug-likeness (QED) is 0.0324. The standard InChI is InChI=1S/C65H104O30/c1-25(85-29(5)68)18-38(72)90-50-28(4)88-58(52(47(50)81)93-56-46(80)43(77)49(27(3)87-56)91-54-48(82)51(33(70)23-84-54)92-55-44(78)41(75)39(73)26(2)86-55)95-59(83)65-17-16-60(6,7)19-31(65)30-12-13-36-61(8)20-32(69)53(94-57-45(79)42(76)40(74)34(22-66)89-57)62(9,24-67)35(61)14-15-63(36,10)64(30,11)21-37(65)71/h12,25-28,31-37,39-58,66-67,69-71,73-82H,13-24H2,1-11H3/t25?,26-,27-,28+,31-,32-,33+,34+,35+,36+,37+,39-,40+,41+,42-,43-,44+,45+,46+,47-,48+,49-,50-,51-,52+,53-,54-,55-,56-,57-,58-,61-,62-,63+,64+,65+/m0/s1. The first kappa shape index (κ1) is 74.9. The van der Waals surface area contributed by atoms with E-state index in [0.717, 1.165) is 12.5 Å². The van der Waals surface area contributed by atoms with Crippen LogP contribution in [0, 0.1) is 50.2 Å². The monoisotopic (exact) mass is 1360 g/mol. The van der Waals surface area contributed by atoms with E-state index in [4.69, 9.17) is 56.8 Å². The summed E-state index contributed by atoms with van der Waals surface area (Å²) in [6.45, 7) is 17.6. The molecule has 5 saturated heterocycles. The number of hydrogen-bond donors (Lipinski definition) is 15. The first-order valence-corrected chi connectivity index (χ1v) is 33.5. The fraction of sp³-hybridized carbons (Fsp3) is 0.923. The minimum atomic E-state index is -2.08. The molecule has 0 aromatic heterocycles. The lowest BCUT2D eigenvalue weighted by molar-refractivity contribution is -0.380. The van der Waals surface area contributed by atoms with Crippen molar-refractivity contribution in [2.45, 2.75) is 306 Å². The van der Waals surface area contributed by atoms with Gasteiger partial charge in [-0.1, -0.05) is 53.2 Å². The van der Waals surface area contributed by atoms with Crippen LogP contribution in [0.25, 0.3) is 0 Å². The number of carbonyl (C=O) groups is 3. The van der Waals surface area contributed by atoms with Gasteiger partial charge in [0.25, 0.3) is 0 Å². The molecule has 0 bridgehead atoms. The van der Waals surface area contributed by atoms with E-state index in [-0.39, 0.29) is 36.5 Å². The third kappa shape index (κ3) is 13.1. The average Bonchev–Trinajstić information content (AvgIpc) is 0.670. The smallest absolute Gasteiger partial charge is 0.317 e. The summed E-state index contributed by atoms with van der Waals surface area (Å²) < 4.78 is 71.1. The van der Waals surface area contributed by atoms with E-state index >= 15 is 4.79 Å². The SMILES string of the molecule is CC(=O)OC(C)CC(=O)O[C@@H]1[C@H](O)[C@@H](O[C@@H]2O[C@@H](C)[C@H](O[C@@H]3OC[C@@H](O)[C@H](O[C@@H]4O[C@@H](C)[C@H](O)[C@@H](O)[C@H]4O)[C@H]3O)[C@@H](O)[C@H]2O)[C@H](OC(=O)[C@]23CCC(C)(C)C[C@H]2C2=CC[C@@H]4[C@@]5(C)C[C@H](O)[C@H](O[C@@H]6O[C@H](CO)[C@@H](O)[C@H](O)[C@H]6O)[C@@](C)(CO)[C@@H]5CC[C@@]4(C)[C@]2(C)C[C@H]3O)O[C@@H]1C. The van der Waals surface area contributed by atoms with Gasteiger partial charge in [-0.15, -0.1) is 0 Å². The largest absolute Gasteiger partial charge is 0.462 e. The Morgan fingerprint density at radius 2 is 1.17 bits per heavy atom. The van der Waals surface area contributed by atoms with Crippen LogP contribution < -0.4 is 0 Å². The van der Waals surface area contributed by atoms with E-state index in [2.05, 4.69) is 40.7 Å². The van der Waals surface area contributed by atoms with Gasteiger partial charge in [-0.05, 0) is 118 Å². The van der Waals surface area contributed by atoms with Crippen LogP contribution in [0.5, 0.6) is 0 Å². The molecule has 15 N–H and O–H groups in total. The molecular formula is C65H104O30. The molecule has 10 aliphatic rings. The van der Waals surface area contributed by atoms with Gasteiger partial charge in [-0.25, -0.2) is 0 Å². The summed E-state index contributed by atoms with van der Waals surface area (Å²) in [7, 11) is 0. The summed E-state index contributed by atoms with van der Waals surface area (Å²) >= 11 is 0. The van der Waals surface area contributed by atoms with Crippen molar-refractivity contribution in [3.63, 3.8) is 0 Å². The Labute approximate surface area is 551 Å². The number of carbonyl (C=O) groups excluding carboxylic acids is 3. The average molecular weight is 1370 g/mol. The molecule has 544 valence electrons. The Balaban J connectivity index is 0.906. The zero-order chi connectivity index (χ0) is 69.9. The van der Waals surface area contributed by atoms with Gasteiger partial charge in [-0.3, -0.25) is 14.4 Å². The topological polar surface area (TPSA) is 465 Å². The molecule has 36 atom stereocenters. The van der Waals surface area contributed by atoms with Gasteiger partial charge in [0.1, 0.15) is 97.0 Å². The first-order valence-electron chi connectivity index (χ1n) is 33.5. The lowest BCUT2D eigenvalue weighted by atomic mass is 9.33. The number of ether oxygens (including phenoxy) is 12. The fourth-order valence-corrected chi connectivity index (χ4v) is 18.7. The van der Waals surface area contributed by atoms with E-state index in [0.29, 0.717) is 32.1 Å². The third-order valence-corrected chi connectivity index (χ3v) is 24.2. The van der Waals surface area contributed by atoms with Crippen LogP contribution >= 0.6 is 0 Å². The zero-order valence-corrected chi connectivity index (χ0v) is 55.8. The fourth-order valence-electron chi connectivity index (χ4n) is 18.7. The van der Waals surface area contributed by atoms with Crippen molar-refractivity contribution in [2.24, 2.45) is 50.2 Å². The summed E-state index contributed by atoms with van der Waals surface area (Å²) in [5.41, 5.74) is -4.37.